The number of aliphatic carboxylic acids is 1. The van der Waals surface area contributed by atoms with Crippen LogP contribution >= 0.6 is 0 Å². The Bertz CT molecular complexity index is 536. The predicted octanol–water partition coefficient (Wildman–Crippen LogP) is 1.36. The molecule has 1 aliphatic rings. The van der Waals surface area contributed by atoms with Crippen molar-refractivity contribution < 1.29 is 19.4 Å². The van der Waals surface area contributed by atoms with Gasteiger partial charge in [-0.3, -0.25) is 4.79 Å². The van der Waals surface area contributed by atoms with Gasteiger partial charge in [-0.1, -0.05) is 12.2 Å². The van der Waals surface area contributed by atoms with Crippen molar-refractivity contribution in [2.45, 2.75) is 19.8 Å². The Kier molecular flexibility index (Phi) is 4.98. The summed E-state index contributed by atoms with van der Waals surface area (Å²) in [6, 6.07) is 6.98. The van der Waals surface area contributed by atoms with Crippen LogP contribution in [0, 0.1) is 11.8 Å². The molecular formula is C16H18NO4-. The summed E-state index contributed by atoms with van der Waals surface area (Å²) in [4.78, 5) is 23.3. The SMILES string of the molecule is CCOc1ccc(NC(=O)[C@@H]2CC=CC[C@@H]2C(=O)[O-])cc1. The zero-order valence-corrected chi connectivity index (χ0v) is 11.9. The second-order valence-corrected chi connectivity index (χ2v) is 4.92. The van der Waals surface area contributed by atoms with Gasteiger partial charge in [-0.05, 0) is 44.0 Å². The fraction of sp³-hybridized carbons (Fsp3) is 0.375. The molecule has 0 bridgehead atoms. The van der Waals surface area contributed by atoms with E-state index in [0.29, 0.717) is 25.1 Å². The molecule has 0 spiro atoms. The van der Waals surface area contributed by atoms with Gasteiger partial charge in [0.1, 0.15) is 5.75 Å². The maximum atomic E-state index is 12.2. The lowest BCUT2D eigenvalue weighted by molar-refractivity contribution is -0.313. The summed E-state index contributed by atoms with van der Waals surface area (Å²) in [7, 11) is 0. The van der Waals surface area contributed by atoms with Gasteiger partial charge in [0.25, 0.3) is 0 Å². The van der Waals surface area contributed by atoms with Gasteiger partial charge < -0.3 is 20.0 Å². The number of nitrogens with one attached hydrogen (secondary N) is 1. The fourth-order valence-corrected chi connectivity index (χ4v) is 2.40. The molecule has 5 heteroatoms. The van der Waals surface area contributed by atoms with Gasteiger partial charge in [-0.25, -0.2) is 0 Å². The lowest BCUT2D eigenvalue weighted by Gasteiger charge is -2.28. The molecule has 0 aromatic heterocycles. The molecule has 0 unspecified atom stereocenters. The highest BCUT2D eigenvalue weighted by Gasteiger charge is 2.29. The van der Waals surface area contributed by atoms with E-state index in [2.05, 4.69) is 5.32 Å². The minimum Gasteiger partial charge on any atom is -0.550 e. The monoisotopic (exact) mass is 288 g/mol. The quantitative estimate of drug-likeness (QED) is 0.830. The van der Waals surface area contributed by atoms with Crippen LogP contribution in [0.1, 0.15) is 19.8 Å². The summed E-state index contributed by atoms with van der Waals surface area (Å²) in [5, 5.41) is 13.8. The molecule has 1 N–H and O–H groups in total. The summed E-state index contributed by atoms with van der Waals surface area (Å²) in [5.74, 6) is -2.10. The summed E-state index contributed by atoms with van der Waals surface area (Å²) in [6.07, 6.45) is 4.37. The van der Waals surface area contributed by atoms with E-state index < -0.39 is 17.8 Å². The molecule has 0 fully saturated rings. The van der Waals surface area contributed by atoms with Crippen molar-refractivity contribution >= 4 is 17.6 Å². The van der Waals surface area contributed by atoms with E-state index in [9.17, 15) is 14.7 Å². The molecule has 1 amide bonds. The summed E-state index contributed by atoms with van der Waals surface area (Å²) in [5.41, 5.74) is 0.620. The first-order valence-electron chi connectivity index (χ1n) is 7.01. The first kappa shape index (κ1) is 15.1. The highest BCUT2D eigenvalue weighted by molar-refractivity contribution is 5.95. The van der Waals surface area contributed by atoms with Crippen LogP contribution in [0.25, 0.3) is 0 Å². The zero-order valence-electron chi connectivity index (χ0n) is 11.9. The van der Waals surface area contributed by atoms with Gasteiger partial charge in [0.15, 0.2) is 0 Å². The van der Waals surface area contributed by atoms with Gasteiger partial charge in [-0.15, -0.1) is 0 Å². The van der Waals surface area contributed by atoms with E-state index >= 15 is 0 Å². The van der Waals surface area contributed by atoms with Crippen LogP contribution in [-0.4, -0.2) is 18.5 Å². The highest BCUT2D eigenvalue weighted by Crippen LogP contribution is 2.27. The number of anilines is 1. The number of ether oxygens (including phenoxy) is 1. The Morgan fingerprint density at radius 2 is 1.81 bits per heavy atom. The van der Waals surface area contributed by atoms with Crippen molar-refractivity contribution in [3.8, 4) is 5.75 Å². The molecule has 0 saturated heterocycles. The number of carbonyl (C=O) groups excluding carboxylic acids is 2. The van der Waals surface area contributed by atoms with Gasteiger partial charge in [0.05, 0.1) is 12.5 Å². The summed E-state index contributed by atoms with van der Waals surface area (Å²) in [6.45, 7) is 2.47. The first-order valence-corrected chi connectivity index (χ1v) is 7.01. The van der Waals surface area contributed by atoms with Crippen LogP contribution in [0.5, 0.6) is 5.75 Å². The number of allylic oxidation sites excluding steroid dienone is 2. The van der Waals surface area contributed by atoms with Gasteiger partial charge in [0, 0.05) is 17.6 Å². The second kappa shape index (κ2) is 6.92. The normalized spacial score (nSPS) is 20.8. The van der Waals surface area contributed by atoms with E-state index in [1.807, 2.05) is 13.0 Å². The van der Waals surface area contributed by atoms with Crippen molar-refractivity contribution in [3.63, 3.8) is 0 Å². The number of carboxylic acids is 1. The molecule has 2 atom stereocenters. The van der Waals surface area contributed by atoms with Gasteiger partial charge in [-0.2, -0.15) is 0 Å². The first-order chi connectivity index (χ1) is 10.1. The van der Waals surface area contributed by atoms with Crippen LogP contribution in [0.4, 0.5) is 5.69 Å². The average molecular weight is 288 g/mol. The summed E-state index contributed by atoms with van der Waals surface area (Å²) >= 11 is 0. The molecule has 2 rings (SSSR count). The van der Waals surface area contributed by atoms with Crippen LogP contribution in [-0.2, 0) is 9.59 Å². The van der Waals surface area contributed by atoms with Crippen molar-refractivity contribution in [2.75, 3.05) is 11.9 Å². The minimum absolute atomic E-state index is 0.294. The predicted molar refractivity (Wildman–Crippen MR) is 76.6 cm³/mol. The Morgan fingerprint density at radius 1 is 1.19 bits per heavy atom. The lowest BCUT2D eigenvalue weighted by atomic mass is 9.82. The van der Waals surface area contributed by atoms with E-state index in [0.717, 1.165) is 5.75 Å². The van der Waals surface area contributed by atoms with Crippen molar-refractivity contribution in [3.05, 3.63) is 36.4 Å². The van der Waals surface area contributed by atoms with Crippen molar-refractivity contribution in [1.29, 1.82) is 0 Å². The highest BCUT2D eigenvalue weighted by atomic mass is 16.5. The number of rotatable bonds is 5. The third-order valence-electron chi connectivity index (χ3n) is 3.50. The molecule has 1 aromatic carbocycles. The summed E-state index contributed by atoms with van der Waals surface area (Å²) < 4.78 is 5.32. The van der Waals surface area contributed by atoms with E-state index in [-0.39, 0.29) is 5.91 Å². The maximum Gasteiger partial charge on any atom is 0.228 e. The number of hydrogen-bond donors (Lipinski definition) is 1. The van der Waals surface area contributed by atoms with Gasteiger partial charge in [0.2, 0.25) is 5.91 Å². The number of carboxylic acid groups (broad SMARTS) is 1. The van der Waals surface area contributed by atoms with E-state index in [1.54, 1.807) is 30.3 Å². The topological polar surface area (TPSA) is 78.5 Å². The van der Waals surface area contributed by atoms with E-state index in [1.165, 1.54) is 0 Å². The Hall–Kier alpha value is -2.30. The average Bonchev–Trinajstić information content (AvgIpc) is 2.49. The smallest absolute Gasteiger partial charge is 0.228 e. The lowest BCUT2D eigenvalue weighted by Crippen LogP contribution is -2.41. The molecular weight excluding hydrogens is 270 g/mol. The van der Waals surface area contributed by atoms with E-state index in [4.69, 9.17) is 4.74 Å². The zero-order chi connectivity index (χ0) is 15.2. The van der Waals surface area contributed by atoms with Crippen LogP contribution in [0.15, 0.2) is 36.4 Å². The second-order valence-electron chi connectivity index (χ2n) is 4.92. The molecule has 0 aliphatic heterocycles. The van der Waals surface area contributed by atoms with Crippen LogP contribution in [0.2, 0.25) is 0 Å². The molecule has 1 aliphatic carbocycles. The molecule has 1 aromatic rings. The Labute approximate surface area is 123 Å². The molecule has 0 heterocycles. The van der Waals surface area contributed by atoms with Gasteiger partial charge >= 0.3 is 0 Å². The fourth-order valence-electron chi connectivity index (χ4n) is 2.40. The molecule has 21 heavy (non-hydrogen) atoms. The molecule has 0 saturated carbocycles. The largest absolute Gasteiger partial charge is 0.550 e. The number of carbonyl (C=O) groups is 2. The molecule has 0 radical (unpaired) electrons. The number of hydrogen-bond acceptors (Lipinski definition) is 4. The third-order valence-corrected chi connectivity index (χ3v) is 3.50. The van der Waals surface area contributed by atoms with Crippen molar-refractivity contribution in [2.24, 2.45) is 11.8 Å². The maximum absolute atomic E-state index is 12.2. The molecule has 5 nitrogen and oxygen atoms in total. The Morgan fingerprint density at radius 3 is 2.38 bits per heavy atom. The standard InChI is InChI=1S/C16H19NO4/c1-2-21-12-9-7-11(8-10-12)17-15(18)13-5-3-4-6-14(13)16(19)20/h3-4,7-10,13-14H,2,5-6H2,1H3,(H,17,18)(H,19,20)/p-1/t13-,14+/m1/s1. The number of amides is 1. The third kappa shape index (κ3) is 3.84. The molecule has 112 valence electrons. The minimum atomic E-state index is -1.17. The number of benzene rings is 1. The van der Waals surface area contributed by atoms with Crippen LogP contribution in [0.3, 0.4) is 0 Å². The van der Waals surface area contributed by atoms with Crippen LogP contribution < -0.4 is 15.2 Å². The van der Waals surface area contributed by atoms with Crippen molar-refractivity contribution in [1.82, 2.24) is 0 Å². The Balaban J connectivity index is 2.02.